The Hall–Kier alpha value is -0.890. The normalized spacial score (nSPS) is 12.3. The first-order valence-corrected chi connectivity index (χ1v) is 8.80. The molecule has 2 rings (SSSR count). The average molecular weight is 292 g/mol. The van der Waals surface area contributed by atoms with Gasteiger partial charge in [-0.2, -0.15) is 0 Å². The van der Waals surface area contributed by atoms with Crippen molar-refractivity contribution in [1.82, 2.24) is 4.98 Å². The molecule has 1 nitrogen and oxygen atoms in total. The van der Waals surface area contributed by atoms with Crippen molar-refractivity contribution in [2.45, 2.75) is 72.6 Å². The fourth-order valence-corrected chi connectivity index (χ4v) is 3.21. The van der Waals surface area contributed by atoms with Crippen LogP contribution in [0.3, 0.4) is 0 Å². The molecule has 2 heterocycles. The lowest BCUT2D eigenvalue weighted by Gasteiger charge is -2.17. The zero-order valence-corrected chi connectivity index (χ0v) is 14.7. The molecule has 0 saturated carbocycles. The van der Waals surface area contributed by atoms with Gasteiger partial charge in [-0.15, -0.1) is 11.3 Å². The summed E-state index contributed by atoms with van der Waals surface area (Å²) in [6.45, 7) is 13.5. The lowest BCUT2D eigenvalue weighted by Crippen LogP contribution is -2.01. The molecule has 0 bridgehead atoms. The highest BCUT2D eigenvalue weighted by atomic mass is 32.1. The van der Waals surface area contributed by atoms with Gasteiger partial charge in [-0.3, -0.25) is 4.98 Å². The van der Waals surface area contributed by atoms with Crippen molar-refractivity contribution in [3.8, 4) is 0 Å². The molecular weight excluding hydrogens is 262 g/mol. The van der Waals surface area contributed by atoms with E-state index in [-0.39, 0.29) is 0 Å². The first kappa shape index (κ1) is 17.2. The van der Waals surface area contributed by atoms with Crippen LogP contribution in [0, 0.1) is 0 Å². The van der Waals surface area contributed by atoms with Crippen LogP contribution in [-0.2, 0) is 0 Å². The summed E-state index contributed by atoms with van der Waals surface area (Å²) in [5.41, 5.74) is 4.10. The molecule has 2 aromatic heterocycles. The second-order valence-electron chi connectivity index (χ2n) is 5.73. The zero-order valence-electron chi connectivity index (χ0n) is 13.9. The van der Waals surface area contributed by atoms with Crippen molar-refractivity contribution in [2.24, 2.45) is 0 Å². The molecule has 0 spiro atoms. The Morgan fingerprint density at radius 3 is 2.25 bits per heavy atom. The van der Waals surface area contributed by atoms with E-state index in [1.54, 1.807) is 0 Å². The summed E-state index contributed by atoms with van der Waals surface area (Å²) < 4.78 is 1.38. The second kappa shape index (κ2) is 8.41. The lowest BCUT2D eigenvalue weighted by atomic mass is 9.90. The predicted octanol–water partition coefficient (Wildman–Crippen LogP) is 6.74. The van der Waals surface area contributed by atoms with Crippen LogP contribution in [0.25, 0.3) is 10.2 Å². The first-order valence-electron chi connectivity index (χ1n) is 7.92. The summed E-state index contributed by atoms with van der Waals surface area (Å²) in [6, 6.07) is 2.12. The van der Waals surface area contributed by atoms with Crippen molar-refractivity contribution in [3.63, 3.8) is 0 Å². The minimum atomic E-state index is 0.577. The van der Waals surface area contributed by atoms with Crippen molar-refractivity contribution >= 4 is 21.6 Å². The van der Waals surface area contributed by atoms with Crippen molar-refractivity contribution in [2.75, 3.05) is 0 Å². The smallest absolute Gasteiger partial charge is 0.0812 e. The third-order valence-electron chi connectivity index (χ3n) is 3.76. The van der Waals surface area contributed by atoms with Gasteiger partial charge in [-0.1, -0.05) is 54.4 Å². The van der Waals surface area contributed by atoms with Gasteiger partial charge in [-0.05, 0) is 40.8 Å². The number of nitrogens with zero attached hydrogens (tertiary/aromatic N) is 1. The molecule has 20 heavy (non-hydrogen) atoms. The fourth-order valence-electron chi connectivity index (χ4n) is 2.15. The molecule has 1 unspecified atom stereocenters. The molecule has 0 radical (unpaired) electrons. The molecule has 0 amide bonds. The zero-order chi connectivity index (χ0) is 15.1. The Balaban J connectivity index is 0.000000444. The van der Waals surface area contributed by atoms with Gasteiger partial charge in [0.1, 0.15) is 0 Å². The highest BCUT2D eigenvalue weighted by Gasteiger charge is 2.16. The molecule has 2 heteroatoms. The number of thiophene rings is 1. The minimum Gasteiger partial charge on any atom is -0.255 e. The van der Waals surface area contributed by atoms with Gasteiger partial charge in [0.2, 0.25) is 0 Å². The van der Waals surface area contributed by atoms with Crippen LogP contribution in [0.1, 0.15) is 83.8 Å². The van der Waals surface area contributed by atoms with Gasteiger partial charge < -0.3 is 0 Å². The maximum absolute atomic E-state index is 4.56. The summed E-state index contributed by atoms with van der Waals surface area (Å²) in [7, 11) is 0. The van der Waals surface area contributed by atoms with E-state index in [0.717, 1.165) is 5.52 Å². The Bertz CT molecular complexity index is 511. The molecule has 112 valence electrons. The van der Waals surface area contributed by atoms with E-state index in [2.05, 4.69) is 64.2 Å². The Kier molecular flexibility index (Phi) is 7.22. The SMILES string of the molecule is CCC(C)c1cnc2ccsc2c1C(C)C.CCCC. The van der Waals surface area contributed by atoms with E-state index in [9.17, 15) is 0 Å². The molecular formula is C18H29NS. The predicted molar refractivity (Wildman–Crippen MR) is 93.0 cm³/mol. The topological polar surface area (TPSA) is 12.9 Å². The van der Waals surface area contributed by atoms with Crippen molar-refractivity contribution in [1.29, 1.82) is 0 Å². The summed E-state index contributed by atoms with van der Waals surface area (Å²) in [6.07, 6.45) is 5.90. The van der Waals surface area contributed by atoms with Gasteiger partial charge in [0.05, 0.1) is 10.2 Å². The van der Waals surface area contributed by atoms with Gasteiger partial charge in [0, 0.05) is 6.20 Å². The van der Waals surface area contributed by atoms with E-state index >= 15 is 0 Å². The van der Waals surface area contributed by atoms with Gasteiger partial charge in [-0.25, -0.2) is 0 Å². The van der Waals surface area contributed by atoms with E-state index in [1.807, 2.05) is 11.3 Å². The van der Waals surface area contributed by atoms with E-state index in [4.69, 9.17) is 0 Å². The maximum Gasteiger partial charge on any atom is 0.0812 e. The second-order valence-corrected chi connectivity index (χ2v) is 6.64. The first-order chi connectivity index (χ1) is 9.56. The number of fused-ring (bicyclic) bond motifs is 1. The third-order valence-corrected chi connectivity index (χ3v) is 4.70. The maximum atomic E-state index is 4.56. The molecule has 0 saturated heterocycles. The van der Waals surface area contributed by atoms with Crippen molar-refractivity contribution in [3.05, 3.63) is 28.8 Å². The number of unbranched alkanes of at least 4 members (excludes halogenated alkanes) is 1. The Morgan fingerprint density at radius 1 is 1.10 bits per heavy atom. The average Bonchev–Trinajstić information content (AvgIpc) is 2.93. The summed E-state index contributed by atoms with van der Waals surface area (Å²) in [5.74, 6) is 1.18. The molecule has 0 aliphatic heterocycles. The van der Waals surface area contributed by atoms with Crippen LogP contribution in [-0.4, -0.2) is 4.98 Å². The minimum absolute atomic E-state index is 0.577. The van der Waals surface area contributed by atoms with Crippen LogP contribution in [0.15, 0.2) is 17.6 Å². The van der Waals surface area contributed by atoms with E-state index in [0.29, 0.717) is 11.8 Å². The Labute approximate surface area is 128 Å². The quantitative estimate of drug-likeness (QED) is 0.608. The number of pyridine rings is 1. The van der Waals surface area contributed by atoms with Crippen LogP contribution in [0.4, 0.5) is 0 Å². The molecule has 0 N–H and O–H groups in total. The highest BCUT2D eigenvalue weighted by Crippen LogP contribution is 2.35. The highest BCUT2D eigenvalue weighted by molar-refractivity contribution is 7.17. The largest absolute Gasteiger partial charge is 0.255 e. The fraction of sp³-hybridized carbons (Fsp3) is 0.611. The van der Waals surface area contributed by atoms with Crippen LogP contribution in [0.5, 0.6) is 0 Å². The molecule has 0 aliphatic carbocycles. The van der Waals surface area contributed by atoms with Gasteiger partial charge >= 0.3 is 0 Å². The molecule has 1 atom stereocenters. The molecule has 2 aromatic rings. The van der Waals surface area contributed by atoms with Crippen LogP contribution < -0.4 is 0 Å². The van der Waals surface area contributed by atoms with Gasteiger partial charge in [0.15, 0.2) is 0 Å². The monoisotopic (exact) mass is 291 g/mol. The van der Waals surface area contributed by atoms with Crippen molar-refractivity contribution < 1.29 is 0 Å². The third kappa shape index (κ3) is 4.05. The van der Waals surface area contributed by atoms with E-state index < -0.39 is 0 Å². The number of hydrogen-bond donors (Lipinski definition) is 0. The lowest BCUT2D eigenvalue weighted by molar-refractivity contribution is 0.708. The molecule has 0 fully saturated rings. The number of rotatable bonds is 4. The summed E-state index contributed by atoms with van der Waals surface area (Å²) >= 11 is 1.82. The summed E-state index contributed by atoms with van der Waals surface area (Å²) in [5, 5.41) is 2.14. The van der Waals surface area contributed by atoms with E-state index in [1.165, 1.54) is 35.1 Å². The standard InChI is InChI=1S/C14H19NS.C4H10/c1-5-10(4)11-8-15-12-6-7-16-14(12)13(11)9(2)3;1-3-4-2/h6-10H,5H2,1-4H3;3-4H2,1-2H3. The summed E-state index contributed by atoms with van der Waals surface area (Å²) in [4.78, 5) is 4.56. The Morgan fingerprint density at radius 2 is 1.75 bits per heavy atom. The van der Waals surface area contributed by atoms with Crippen LogP contribution in [0.2, 0.25) is 0 Å². The molecule has 0 aliphatic rings. The van der Waals surface area contributed by atoms with Gasteiger partial charge in [0.25, 0.3) is 0 Å². The number of aromatic nitrogens is 1. The molecule has 0 aromatic carbocycles. The number of hydrogen-bond acceptors (Lipinski definition) is 2. The van der Waals surface area contributed by atoms with Crippen LogP contribution >= 0.6 is 11.3 Å².